The maximum Gasteiger partial charge on any atom is 0.409 e. The van der Waals surface area contributed by atoms with Crippen molar-refractivity contribution in [2.24, 2.45) is 0 Å². The number of hydrazine groups is 1. The van der Waals surface area contributed by atoms with Crippen LogP contribution < -0.4 is 31.0 Å². The fourth-order valence-electron chi connectivity index (χ4n) is 10.6. The Labute approximate surface area is 472 Å². The first-order valence-electron chi connectivity index (χ1n) is 27.0. The second-order valence-electron chi connectivity index (χ2n) is 21.5. The third kappa shape index (κ3) is 15.5. The number of halogens is 1. The number of carboxylic acids is 1. The summed E-state index contributed by atoms with van der Waals surface area (Å²) in [6, 6.07) is 11.3. The number of nitrogens with one attached hydrogen (secondary N) is 4. The van der Waals surface area contributed by atoms with E-state index >= 15 is 0 Å². The number of hydrogen-bond acceptors (Lipinski definition) is 15. The first-order chi connectivity index (χ1) is 37.8. The van der Waals surface area contributed by atoms with Gasteiger partial charge in [0.05, 0.1) is 25.8 Å². The van der Waals surface area contributed by atoms with Gasteiger partial charge in [-0.2, -0.15) is 0 Å². The van der Waals surface area contributed by atoms with Gasteiger partial charge in [0.15, 0.2) is 5.72 Å². The number of carbonyl (C=O) groups is 7. The molecule has 4 aliphatic heterocycles. The SMILES string of the molecule is CNN(C)Cc1cc2ccccc2n1CCC(=O)N[C@@H](CCC(=O)O)C(=O)NCCCCCC(=O)N(C)[C@@H](C)C(=O)O[C@H]1CC(=O)N(C)c2cc(cc(OC)c2Cl)C/C(C)=C/C=C/[C@@H](OC)[C@@]2(O)C[C@H](OC(=O)N2)C2(C)C[C@@]1(C)O2. The number of aryl methyl sites for hydroxylation is 1. The monoisotopic (exact) mass is 1130 g/mol. The Balaban J connectivity index is 1.07. The second kappa shape index (κ2) is 27.3. The molecule has 0 radical (unpaired) electrons. The molecule has 1 unspecified atom stereocenters. The number of fused-ring (bicyclic) bond motifs is 7. The Kier molecular flexibility index (Phi) is 21.3. The number of carboxylic acid groups (broad SMARTS) is 1. The molecule has 0 aliphatic carbocycles. The van der Waals surface area contributed by atoms with Gasteiger partial charge >= 0.3 is 18.0 Å². The van der Waals surface area contributed by atoms with Crippen LogP contribution in [0.2, 0.25) is 5.02 Å². The van der Waals surface area contributed by atoms with Crippen LogP contribution in [-0.2, 0) is 67.2 Å². The van der Waals surface area contributed by atoms with Crippen LogP contribution in [0, 0.1) is 0 Å². The van der Waals surface area contributed by atoms with Crippen LogP contribution in [0.3, 0.4) is 0 Å². The zero-order chi connectivity index (χ0) is 58.7. The number of anilines is 1. The molecule has 5 amide bonds. The molecule has 0 spiro atoms. The molecule has 2 aromatic carbocycles. The Morgan fingerprint density at radius 2 is 1.74 bits per heavy atom. The van der Waals surface area contributed by atoms with Gasteiger partial charge in [-0.05, 0) is 95.6 Å². The number of carbonyl (C=O) groups excluding carboxylic acids is 6. The van der Waals surface area contributed by atoms with E-state index in [1.165, 1.54) is 38.0 Å². The van der Waals surface area contributed by atoms with E-state index < -0.39 is 89.5 Å². The number of aliphatic hydroxyl groups is 1. The van der Waals surface area contributed by atoms with Gasteiger partial charge < -0.3 is 58.9 Å². The number of alkyl carbamates (subject to hydrolysis) is 1. The average Bonchev–Trinajstić information content (AvgIpc) is 3.92. The molecular weight excluding hydrogens is 1060 g/mol. The number of methoxy groups -OCH3 is 2. The fraction of sp³-hybridized carbons (Fsp3) is 0.561. The summed E-state index contributed by atoms with van der Waals surface area (Å²) in [7, 11) is 9.62. The molecule has 1 aromatic heterocycles. The standard InChI is InChI=1S/C57H79ClN8O14/c1-35-17-16-20-44(77-10)57(75)32-46(79-54(74)62-57)56(4)34-55(3,80-56)45(31-49(69)65(8)42-28-37(27-35)29-43(76-9)51(42)58)78-53(73)36(2)64(7)48(68)21-12-11-15-25-60-52(72)40(22-23-50(70)71)61-47(67)24-26-66-39(33-63(6)59-5)30-38-18-13-14-19-41(38)66/h13-14,16-20,28-30,36,40,44-46,59,75H,11-12,15,21-27,31-34H2,1-10H3,(H,60,72)(H,61,67)(H,62,74)(H,70,71)/b20-16+,35-17+/t36-,40-,44+,45-,46-,55+,56?,57-/m0/s1. The lowest BCUT2D eigenvalue weighted by Crippen LogP contribution is -2.72. The van der Waals surface area contributed by atoms with Gasteiger partial charge in [0, 0.05) is 84.7 Å². The van der Waals surface area contributed by atoms with Crippen LogP contribution in [0.5, 0.6) is 5.75 Å². The maximum atomic E-state index is 14.4. The number of nitrogens with zero attached hydrogens (tertiary/aromatic N) is 4. The zero-order valence-corrected chi connectivity index (χ0v) is 48.3. The quantitative estimate of drug-likeness (QED) is 0.0424. The predicted octanol–water partition coefficient (Wildman–Crippen LogP) is 5.30. The van der Waals surface area contributed by atoms with E-state index in [1.54, 1.807) is 45.2 Å². The van der Waals surface area contributed by atoms with Crippen LogP contribution in [0.1, 0.15) is 103 Å². The Bertz CT molecular complexity index is 2810. The predicted molar refractivity (Wildman–Crippen MR) is 298 cm³/mol. The Hall–Kier alpha value is -6.56. The van der Waals surface area contributed by atoms with Crippen molar-refractivity contribution >= 4 is 69.9 Å². The summed E-state index contributed by atoms with van der Waals surface area (Å²) in [5, 5.41) is 32.5. The summed E-state index contributed by atoms with van der Waals surface area (Å²) in [5.74, 6) is -3.36. The molecule has 3 aromatic rings. The van der Waals surface area contributed by atoms with E-state index in [0.717, 1.165) is 27.7 Å². The highest BCUT2D eigenvalue weighted by Crippen LogP contribution is 2.50. The number of amides is 5. The second-order valence-corrected chi connectivity index (χ2v) is 21.9. The lowest BCUT2D eigenvalue weighted by atomic mass is 9.72. The molecule has 5 heterocycles. The van der Waals surface area contributed by atoms with Crippen LogP contribution in [0.4, 0.5) is 10.5 Å². The lowest BCUT2D eigenvalue weighted by Gasteiger charge is -2.59. The van der Waals surface area contributed by atoms with Crippen molar-refractivity contribution in [3.63, 3.8) is 0 Å². The number of esters is 1. The summed E-state index contributed by atoms with van der Waals surface area (Å²) in [6.45, 7) is 7.90. The summed E-state index contributed by atoms with van der Waals surface area (Å²) in [6.07, 6.45) is 2.04. The van der Waals surface area contributed by atoms with Crippen molar-refractivity contribution in [3.05, 3.63) is 82.5 Å². The number of aliphatic carboxylic acids is 1. The molecule has 2 saturated heterocycles. The third-order valence-corrected chi connectivity index (χ3v) is 15.7. The van der Waals surface area contributed by atoms with Crippen LogP contribution >= 0.6 is 11.6 Å². The van der Waals surface area contributed by atoms with Gasteiger partial charge in [-0.25, -0.2) is 14.6 Å². The Morgan fingerprint density at radius 1 is 1.01 bits per heavy atom. The van der Waals surface area contributed by atoms with Gasteiger partial charge in [-0.15, -0.1) is 0 Å². The molecule has 4 aliphatic rings. The number of likely N-dealkylation sites (N-methyl/N-ethyl adjacent to an activating group) is 1. The van der Waals surface area contributed by atoms with Gasteiger partial charge in [-0.3, -0.25) is 34.7 Å². The molecule has 7 rings (SSSR count). The van der Waals surface area contributed by atoms with Crippen molar-refractivity contribution in [1.82, 2.24) is 35.9 Å². The molecular formula is C57H79ClN8O14. The van der Waals surface area contributed by atoms with Gasteiger partial charge in [0.1, 0.15) is 52.4 Å². The normalized spacial score (nSPS) is 25.0. The van der Waals surface area contributed by atoms with E-state index in [1.807, 2.05) is 56.4 Å². The minimum absolute atomic E-state index is 0.0501. The average molecular weight is 1140 g/mol. The summed E-state index contributed by atoms with van der Waals surface area (Å²) >= 11 is 6.83. The van der Waals surface area contributed by atoms with Gasteiger partial charge in [0.25, 0.3) is 0 Å². The van der Waals surface area contributed by atoms with E-state index in [9.17, 15) is 43.8 Å². The van der Waals surface area contributed by atoms with E-state index in [0.29, 0.717) is 50.2 Å². The molecule has 438 valence electrons. The molecule has 22 nitrogen and oxygen atoms in total. The van der Waals surface area contributed by atoms with Gasteiger partial charge in [0.2, 0.25) is 23.6 Å². The summed E-state index contributed by atoms with van der Waals surface area (Å²) < 4.78 is 31.8. The number of benzene rings is 2. The highest BCUT2D eigenvalue weighted by atomic mass is 35.5. The maximum absolute atomic E-state index is 14.4. The van der Waals surface area contributed by atoms with Gasteiger partial charge in [-0.1, -0.05) is 60.0 Å². The first kappa shape index (κ1) is 62.6. The van der Waals surface area contributed by atoms with Crippen molar-refractivity contribution < 1.29 is 67.5 Å². The Morgan fingerprint density at radius 3 is 2.42 bits per heavy atom. The molecule has 23 heteroatoms. The van der Waals surface area contributed by atoms with Crippen molar-refractivity contribution in [2.45, 2.75) is 159 Å². The summed E-state index contributed by atoms with van der Waals surface area (Å²) in [5.41, 5.74) is 2.56. The van der Waals surface area contributed by atoms with E-state index in [2.05, 4.69) is 32.0 Å². The van der Waals surface area contributed by atoms with Crippen LogP contribution in [0.25, 0.3) is 10.9 Å². The van der Waals surface area contributed by atoms with Crippen molar-refractivity contribution in [1.29, 1.82) is 0 Å². The molecule has 6 bridgehead atoms. The number of ether oxygens (including phenoxy) is 5. The number of aromatic nitrogens is 1. The smallest absolute Gasteiger partial charge is 0.409 e. The number of hydrogen-bond donors (Lipinski definition) is 6. The van der Waals surface area contributed by atoms with Crippen molar-refractivity contribution in [2.75, 3.05) is 53.9 Å². The highest BCUT2D eigenvalue weighted by Gasteiger charge is 2.63. The van der Waals surface area contributed by atoms with Crippen molar-refractivity contribution in [3.8, 4) is 5.75 Å². The topological polar surface area (TPSA) is 269 Å². The van der Waals surface area contributed by atoms with Crippen LogP contribution in [0.15, 0.2) is 66.3 Å². The van der Waals surface area contributed by atoms with E-state index in [4.69, 9.17) is 35.3 Å². The molecule has 80 heavy (non-hydrogen) atoms. The number of unbranched alkanes of at least 4 members (excludes halogenated alkanes) is 2. The first-order valence-corrected chi connectivity index (χ1v) is 27.3. The molecule has 8 atom stereocenters. The summed E-state index contributed by atoms with van der Waals surface area (Å²) in [4.78, 5) is 95.9. The number of rotatable bonds is 22. The third-order valence-electron chi connectivity index (χ3n) is 15.3. The molecule has 0 saturated carbocycles. The minimum atomic E-state index is -1.91. The lowest BCUT2D eigenvalue weighted by molar-refractivity contribution is -0.328. The van der Waals surface area contributed by atoms with Crippen LogP contribution in [-0.4, -0.2) is 163 Å². The molecule has 6 N–H and O–H groups in total. The zero-order valence-electron chi connectivity index (χ0n) is 47.5. The van der Waals surface area contributed by atoms with E-state index in [-0.39, 0.29) is 56.0 Å². The number of para-hydroxylation sites is 1. The fourth-order valence-corrected chi connectivity index (χ4v) is 10.9. The highest BCUT2D eigenvalue weighted by molar-refractivity contribution is 6.35. The minimum Gasteiger partial charge on any atom is -0.495 e. The molecule has 2 fully saturated rings. The number of allylic oxidation sites excluding steroid dienone is 3. The largest absolute Gasteiger partial charge is 0.495 e.